The van der Waals surface area contributed by atoms with Crippen LogP contribution in [0.15, 0.2) is 23.6 Å². The number of anilines is 1. The number of aromatic nitrogens is 3. The predicted molar refractivity (Wildman–Crippen MR) is 67.8 cm³/mol. The van der Waals surface area contributed by atoms with Crippen LogP contribution in [0.5, 0.6) is 0 Å². The van der Waals surface area contributed by atoms with E-state index in [1.807, 2.05) is 17.5 Å². The van der Waals surface area contributed by atoms with Gasteiger partial charge in [-0.3, -0.25) is 0 Å². The zero-order valence-electron chi connectivity index (χ0n) is 9.50. The molecule has 0 spiro atoms. The van der Waals surface area contributed by atoms with Crippen LogP contribution < -0.4 is 11.3 Å². The Morgan fingerprint density at radius 2 is 2.47 bits per heavy atom. The zero-order valence-corrected chi connectivity index (χ0v) is 10.3. The van der Waals surface area contributed by atoms with E-state index in [1.54, 1.807) is 24.2 Å². The second-order valence-electron chi connectivity index (χ2n) is 3.67. The van der Waals surface area contributed by atoms with Crippen LogP contribution in [-0.4, -0.2) is 31.3 Å². The Kier molecular flexibility index (Phi) is 3.82. The minimum atomic E-state index is 0.174. The number of imidazole rings is 1. The molecule has 0 aromatic carbocycles. The highest BCUT2D eigenvalue weighted by molar-refractivity contribution is 8.00. The third-order valence-corrected chi connectivity index (χ3v) is 3.47. The Labute approximate surface area is 103 Å². The lowest BCUT2D eigenvalue weighted by molar-refractivity contribution is 0.289. The maximum Gasteiger partial charge on any atom is 0.169 e. The van der Waals surface area contributed by atoms with Crippen LogP contribution in [-0.2, 0) is 0 Å². The van der Waals surface area contributed by atoms with Gasteiger partial charge in [0.05, 0.1) is 6.20 Å². The predicted octanol–water partition coefficient (Wildman–Crippen LogP) is 0.878. The molecular weight excluding hydrogens is 238 g/mol. The first-order valence-corrected chi connectivity index (χ1v) is 6.20. The standard InChI is InChI=1S/C10H15N5OS/c1-7(2-5-16)17-10-9-12-3-4-15(9)6-8(13-10)14-11/h3-4,6-7,14,16H,2,5,11H2,1H3. The number of aliphatic hydroxyl groups excluding tert-OH is 1. The van der Waals surface area contributed by atoms with E-state index < -0.39 is 0 Å². The second kappa shape index (κ2) is 5.35. The Balaban J connectivity index is 2.33. The van der Waals surface area contributed by atoms with Crippen LogP contribution in [0.25, 0.3) is 5.65 Å². The number of nitrogens with one attached hydrogen (secondary N) is 1. The lowest BCUT2D eigenvalue weighted by Crippen LogP contribution is -2.10. The third kappa shape index (κ3) is 2.68. The summed E-state index contributed by atoms with van der Waals surface area (Å²) >= 11 is 1.58. The van der Waals surface area contributed by atoms with Gasteiger partial charge < -0.3 is 14.9 Å². The number of hydrazine groups is 1. The van der Waals surface area contributed by atoms with Gasteiger partial charge in [-0.2, -0.15) is 0 Å². The number of nitrogen functional groups attached to an aromatic ring is 1. The summed E-state index contributed by atoms with van der Waals surface area (Å²) in [5, 5.41) is 9.99. The van der Waals surface area contributed by atoms with Crippen molar-refractivity contribution in [2.24, 2.45) is 5.84 Å². The van der Waals surface area contributed by atoms with Crippen LogP contribution in [0.1, 0.15) is 13.3 Å². The minimum Gasteiger partial charge on any atom is -0.396 e. The summed E-state index contributed by atoms with van der Waals surface area (Å²) < 4.78 is 1.87. The number of hydrogen-bond acceptors (Lipinski definition) is 6. The summed E-state index contributed by atoms with van der Waals surface area (Å²) in [6, 6.07) is 0. The molecule has 2 rings (SSSR count). The topological polar surface area (TPSA) is 88.5 Å². The fourth-order valence-corrected chi connectivity index (χ4v) is 2.50. The number of thioether (sulfide) groups is 1. The van der Waals surface area contributed by atoms with E-state index in [9.17, 15) is 0 Å². The Bertz CT molecular complexity index is 500. The molecule has 0 aliphatic rings. The first-order chi connectivity index (χ1) is 8.24. The van der Waals surface area contributed by atoms with Crippen molar-refractivity contribution in [3.63, 3.8) is 0 Å². The second-order valence-corrected chi connectivity index (χ2v) is 5.10. The molecule has 2 heterocycles. The van der Waals surface area contributed by atoms with Crippen molar-refractivity contribution >= 4 is 23.2 Å². The molecule has 0 fully saturated rings. The molecule has 0 saturated carbocycles. The Morgan fingerprint density at radius 3 is 3.18 bits per heavy atom. The van der Waals surface area contributed by atoms with E-state index in [0.717, 1.165) is 17.1 Å². The van der Waals surface area contributed by atoms with Crippen LogP contribution in [0, 0.1) is 0 Å². The largest absolute Gasteiger partial charge is 0.396 e. The average molecular weight is 253 g/mol. The van der Waals surface area contributed by atoms with Crippen LogP contribution >= 0.6 is 11.8 Å². The van der Waals surface area contributed by atoms with Gasteiger partial charge in [-0.1, -0.05) is 18.7 Å². The molecule has 92 valence electrons. The van der Waals surface area contributed by atoms with Gasteiger partial charge in [0.15, 0.2) is 11.5 Å². The first-order valence-electron chi connectivity index (χ1n) is 5.32. The molecule has 0 radical (unpaired) electrons. The normalized spacial score (nSPS) is 12.9. The van der Waals surface area contributed by atoms with Gasteiger partial charge in [0.25, 0.3) is 0 Å². The van der Waals surface area contributed by atoms with Gasteiger partial charge in [0.1, 0.15) is 5.03 Å². The van der Waals surface area contributed by atoms with Crippen LogP contribution in [0.2, 0.25) is 0 Å². The van der Waals surface area contributed by atoms with Crippen molar-refractivity contribution in [3.05, 3.63) is 18.6 Å². The number of aliphatic hydroxyl groups is 1. The van der Waals surface area contributed by atoms with E-state index in [4.69, 9.17) is 10.9 Å². The average Bonchev–Trinajstić information content (AvgIpc) is 2.77. The van der Waals surface area contributed by atoms with Crippen molar-refractivity contribution in [3.8, 4) is 0 Å². The number of nitrogens with zero attached hydrogens (tertiary/aromatic N) is 3. The van der Waals surface area contributed by atoms with E-state index >= 15 is 0 Å². The highest BCUT2D eigenvalue weighted by Gasteiger charge is 2.11. The van der Waals surface area contributed by atoms with E-state index in [-0.39, 0.29) is 11.9 Å². The highest BCUT2D eigenvalue weighted by Crippen LogP contribution is 2.27. The van der Waals surface area contributed by atoms with E-state index in [1.165, 1.54) is 0 Å². The lowest BCUT2D eigenvalue weighted by Gasteiger charge is -2.10. The lowest BCUT2D eigenvalue weighted by atomic mass is 10.3. The third-order valence-electron chi connectivity index (χ3n) is 2.34. The quantitative estimate of drug-likeness (QED) is 0.416. The summed E-state index contributed by atoms with van der Waals surface area (Å²) in [6.07, 6.45) is 6.07. The van der Waals surface area contributed by atoms with E-state index in [0.29, 0.717) is 5.82 Å². The molecule has 4 N–H and O–H groups in total. The van der Waals surface area contributed by atoms with Gasteiger partial charge in [-0.05, 0) is 6.42 Å². The molecule has 0 saturated heterocycles. The molecule has 0 aliphatic heterocycles. The van der Waals surface area contributed by atoms with Crippen molar-refractivity contribution in [2.45, 2.75) is 23.6 Å². The summed E-state index contributed by atoms with van der Waals surface area (Å²) in [5.74, 6) is 5.96. The van der Waals surface area contributed by atoms with Crippen molar-refractivity contribution in [1.29, 1.82) is 0 Å². The molecule has 7 heteroatoms. The summed E-state index contributed by atoms with van der Waals surface area (Å²) in [6.45, 7) is 2.22. The van der Waals surface area contributed by atoms with Crippen molar-refractivity contribution in [1.82, 2.24) is 14.4 Å². The smallest absolute Gasteiger partial charge is 0.169 e. The molecule has 1 unspecified atom stereocenters. The molecule has 2 aromatic heterocycles. The maximum atomic E-state index is 8.90. The Morgan fingerprint density at radius 1 is 1.65 bits per heavy atom. The summed E-state index contributed by atoms with van der Waals surface area (Å²) in [7, 11) is 0. The summed E-state index contributed by atoms with van der Waals surface area (Å²) in [5.41, 5.74) is 3.34. The number of fused-ring (bicyclic) bond motifs is 1. The molecule has 17 heavy (non-hydrogen) atoms. The SMILES string of the molecule is CC(CCO)Sc1nc(NN)cn2ccnc12. The van der Waals surface area contributed by atoms with Crippen LogP contribution in [0.3, 0.4) is 0 Å². The van der Waals surface area contributed by atoms with Crippen molar-refractivity contribution in [2.75, 3.05) is 12.0 Å². The molecule has 1 atom stereocenters. The highest BCUT2D eigenvalue weighted by atomic mass is 32.2. The molecule has 6 nitrogen and oxygen atoms in total. The molecule has 0 bridgehead atoms. The fraction of sp³-hybridized carbons (Fsp3) is 0.400. The maximum absolute atomic E-state index is 8.90. The molecular formula is C10H15N5OS. The molecule has 0 amide bonds. The van der Waals surface area contributed by atoms with Gasteiger partial charge in [0.2, 0.25) is 0 Å². The van der Waals surface area contributed by atoms with Gasteiger partial charge in [-0.15, -0.1) is 0 Å². The fourth-order valence-electron chi connectivity index (χ4n) is 1.48. The number of hydrogen-bond donors (Lipinski definition) is 3. The monoisotopic (exact) mass is 253 g/mol. The van der Waals surface area contributed by atoms with Gasteiger partial charge >= 0.3 is 0 Å². The van der Waals surface area contributed by atoms with Gasteiger partial charge in [-0.25, -0.2) is 15.8 Å². The zero-order chi connectivity index (χ0) is 12.3. The van der Waals surface area contributed by atoms with Gasteiger partial charge in [0, 0.05) is 24.3 Å². The van der Waals surface area contributed by atoms with E-state index in [2.05, 4.69) is 15.4 Å². The van der Waals surface area contributed by atoms with Crippen molar-refractivity contribution < 1.29 is 5.11 Å². The Hall–Kier alpha value is -1.31. The van der Waals surface area contributed by atoms with Crippen LogP contribution in [0.4, 0.5) is 5.82 Å². The number of nitrogens with two attached hydrogens (primary N) is 1. The summed E-state index contributed by atoms with van der Waals surface area (Å²) in [4.78, 5) is 8.63. The first kappa shape index (κ1) is 12.2. The molecule has 2 aromatic rings. The minimum absolute atomic E-state index is 0.174. The molecule has 0 aliphatic carbocycles. The number of rotatable bonds is 5.